The number of aromatic nitrogens is 2. The number of aryl methyl sites for hydroxylation is 3. The topological polar surface area (TPSA) is 25.8 Å². The zero-order chi connectivity index (χ0) is 12.3. The molecule has 0 saturated heterocycles. The summed E-state index contributed by atoms with van der Waals surface area (Å²) in [6.45, 7) is 6.36. The molecule has 0 aliphatic heterocycles. The maximum atomic E-state index is 4.67. The van der Waals surface area contributed by atoms with Crippen molar-refractivity contribution in [3.63, 3.8) is 0 Å². The van der Waals surface area contributed by atoms with E-state index >= 15 is 0 Å². The number of pyridine rings is 2. The standard InChI is InChI=1S/C15H18N2/c1-4-5-13-8-12(3)10-15(17-13)14-9-11(2)6-7-16-14/h6-10H,4-5H2,1-3H3. The second-order valence-corrected chi connectivity index (χ2v) is 4.49. The number of hydrogen-bond acceptors (Lipinski definition) is 2. The fourth-order valence-electron chi connectivity index (χ4n) is 1.93. The highest BCUT2D eigenvalue weighted by Crippen LogP contribution is 2.18. The molecule has 2 aromatic heterocycles. The molecule has 0 fully saturated rings. The van der Waals surface area contributed by atoms with E-state index in [2.05, 4.69) is 48.9 Å². The van der Waals surface area contributed by atoms with Crippen molar-refractivity contribution in [2.24, 2.45) is 0 Å². The summed E-state index contributed by atoms with van der Waals surface area (Å²) in [7, 11) is 0. The van der Waals surface area contributed by atoms with E-state index in [1.165, 1.54) is 11.1 Å². The average Bonchev–Trinajstić information content (AvgIpc) is 2.28. The first-order valence-corrected chi connectivity index (χ1v) is 6.09. The lowest BCUT2D eigenvalue weighted by Crippen LogP contribution is -1.95. The minimum atomic E-state index is 0.964. The van der Waals surface area contributed by atoms with Crippen LogP contribution < -0.4 is 0 Å². The first-order chi connectivity index (χ1) is 8.19. The summed E-state index contributed by atoms with van der Waals surface area (Å²) in [5.74, 6) is 0. The van der Waals surface area contributed by atoms with Crippen LogP contribution >= 0.6 is 0 Å². The summed E-state index contributed by atoms with van der Waals surface area (Å²) in [5.41, 5.74) is 5.58. The lowest BCUT2D eigenvalue weighted by Gasteiger charge is -2.06. The van der Waals surface area contributed by atoms with Crippen LogP contribution in [0.2, 0.25) is 0 Å². The van der Waals surface area contributed by atoms with E-state index in [9.17, 15) is 0 Å². The first kappa shape index (κ1) is 11.8. The highest BCUT2D eigenvalue weighted by molar-refractivity contribution is 5.56. The molecule has 2 heteroatoms. The van der Waals surface area contributed by atoms with E-state index in [1.807, 2.05) is 12.3 Å². The van der Waals surface area contributed by atoms with Crippen molar-refractivity contribution >= 4 is 0 Å². The summed E-state index contributed by atoms with van der Waals surface area (Å²) in [5, 5.41) is 0. The fourth-order valence-corrected chi connectivity index (χ4v) is 1.93. The van der Waals surface area contributed by atoms with Crippen LogP contribution in [0.3, 0.4) is 0 Å². The van der Waals surface area contributed by atoms with E-state index in [1.54, 1.807) is 0 Å². The van der Waals surface area contributed by atoms with Gasteiger partial charge in [0.15, 0.2) is 0 Å². The molecule has 88 valence electrons. The van der Waals surface area contributed by atoms with Crippen molar-refractivity contribution in [3.8, 4) is 11.4 Å². The Hall–Kier alpha value is -1.70. The third-order valence-corrected chi connectivity index (χ3v) is 2.71. The van der Waals surface area contributed by atoms with Crippen LogP contribution in [0.1, 0.15) is 30.2 Å². The number of rotatable bonds is 3. The van der Waals surface area contributed by atoms with Gasteiger partial charge in [-0.2, -0.15) is 0 Å². The van der Waals surface area contributed by atoms with Gasteiger partial charge in [-0.3, -0.25) is 9.97 Å². The van der Waals surface area contributed by atoms with E-state index in [0.717, 1.165) is 29.9 Å². The zero-order valence-electron chi connectivity index (χ0n) is 10.7. The van der Waals surface area contributed by atoms with Gasteiger partial charge in [0, 0.05) is 11.9 Å². The summed E-state index contributed by atoms with van der Waals surface area (Å²) in [4.78, 5) is 9.06. The Morgan fingerprint density at radius 2 is 1.76 bits per heavy atom. The summed E-state index contributed by atoms with van der Waals surface area (Å²) >= 11 is 0. The Kier molecular flexibility index (Phi) is 3.52. The molecular formula is C15H18N2. The predicted octanol–water partition coefficient (Wildman–Crippen LogP) is 3.71. The predicted molar refractivity (Wildman–Crippen MR) is 70.9 cm³/mol. The first-order valence-electron chi connectivity index (χ1n) is 6.09. The zero-order valence-corrected chi connectivity index (χ0v) is 10.7. The van der Waals surface area contributed by atoms with Crippen molar-refractivity contribution in [3.05, 3.63) is 47.3 Å². The van der Waals surface area contributed by atoms with Gasteiger partial charge in [0.1, 0.15) is 0 Å². The molecule has 0 aliphatic rings. The minimum absolute atomic E-state index is 0.964. The lowest BCUT2D eigenvalue weighted by atomic mass is 10.1. The molecule has 0 spiro atoms. The van der Waals surface area contributed by atoms with Gasteiger partial charge in [-0.1, -0.05) is 13.3 Å². The number of hydrogen-bond donors (Lipinski definition) is 0. The van der Waals surface area contributed by atoms with Crippen LogP contribution in [0.4, 0.5) is 0 Å². The molecule has 0 aliphatic carbocycles. The summed E-state index contributed by atoms with van der Waals surface area (Å²) < 4.78 is 0. The molecule has 17 heavy (non-hydrogen) atoms. The molecule has 0 atom stereocenters. The highest BCUT2D eigenvalue weighted by Gasteiger charge is 2.04. The van der Waals surface area contributed by atoms with E-state index < -0.39 is 0 Å². The van der Waals surface area contributed by atoms with Gasteiger partial charge in [0.25, 0.3) is 0 Å². The van der Waals surface area contributed by atoms with Gasteiger partial charge in [-0.25, -0.2) is 0 Å². The van der Waals surface area contributed by atoms with Crippen LogP contribution in [-0.2, 0) is 6.42 Å². The molecule has 0 radical (unpaired) electrons. The molecule has 0 aromatic carbocycles. The van der Waals surface area contributed by atoms with Gasteiger partial charge < -0.3 is 0 Å². The van der Waals surface area contributed by atoms with Crippen LogP contribution in [-0.4, -0.2) is 9.97 Å². The fraction of sp³-hybridized carbons (Fsp3) is 0.333. The minimum Gasteiger partial charge on any atom is -0.255 e. The second kappa shape index (κ2) is 5.09. The largest absolute Gasteiger partial charge is 0.255 e. The maximum absolute atomic E-state index is 4.67. The van der Waals surface area contributed by atoms with Crippen LogP contribution in [0, 0.1) is 13.8 Å². The summed E-state index contributed by atoms with van der Waals surface area (Å²) in [6.07, 6.45) is 3.99. The monoisotopic (exact) mass is 226 g/mol. The van der Waals surface area contributed by atoms with Crippen molar-refractivity contribution < 1.29 is 0 Å². The Morgan fingerprint density at radius 3 is 2.47 bits per heavy atom. The van der Waals surface area contributed by atoms with Crippen molar-refractivity contribution in [2.45, 2.75) is 33.6 Å². The normalized spacial score (nSPS) is 10.5. The van der Waals surface area contributed by atoms with Gasteiger partial charge in [0.2, 0.25) is 0 Å². The summed E-state index contributed by atoms with van der Waals surface area (Å²) in [6, 6.07) is 8.34. The molecular weight excluding hydrogens is 208 g/mol. The molecule has 0 amide bonds. The Bertz CT molecular complexity index is 518. The lowest BCUT2D eigenvalue weighted by molar-refractivity contribution is 0.881. The quantitative estimate of drug-likeness (QED) is 0.797. The average molecular weight is 226 g/mol. The molecule has 2 nitrogen and oxygen atoms in total. The third kappa shape index (κ3) is 2.90. The van der Waals surface area contributed by atoms with Crippen molar-refractivity contribution in [1.29, 1.82) is 0 Å². The van der Waals surface area contributed by atoms with Crippen LogP contribution in [0.5, 0.6) is 0 Å². The van der Waals surface area contributed by atoms with E-state index in [0.29, 0.717) is 0 Å². The highest BCUT2D eigenvalue weighted by atomic mass is 14.8. The second-order valence-electron chi connectivity index (χ2n) is 4.49. The third-order valence-electron chi connectivity index (χ3n) is 2.71. The molecule has 0 saturated carbocycles. The van der Waals surface area contributed by atoms with Gasteiger partial charge in [-0.15, -0.1) is 0 Å². The smallest absolute Gasteiger partial charge is 0.0892 e. The van der Waals surface area contributed by atoms with Gasteiger partial charge in [-0.05, 0) is 55.7 Å². The Morgan fingerprint density at radius 1 is 1.00 bits per heavy atom. The van der Waals surface area contributed by atoms with Gasteiger partial charge in [0.05, 0.1) is 11.4 Å². The van der Waals surface area contributed by atoms with E-state index in [4.69, 9.17) is 0 Å². The Labute approximate surface area is 103 Å². The molecule has 0 N–H and O–H groups in total. The molecule has 2 heterocycles. The molecule has 2 rings (SSSR count). The van der Waals surface area contributed by atoms with E-state index in [-0.39, 0.29) is 0 Å². The van der Waals surface area contributed by atoms with Crippen molar-refractivity contribution in [1.82, 2.24) is 9.97 Å². The maximum Gasteiger partial charge on any atom is 0.0892 e. The molecule has 2 aromatic rings. The number of nitrogens with zero attached hydrogens (tertiary/aromatic N) is 2. The Balaban J connectivity index is 2.44. The van der Waals surface area contributed by atoms with Crippen LogP contribution in [0.25, 0.3) is 11.4 Å². The van der Waals surface area contributed by atoms with Crippen LogP contribution in [0.15, 0.2) is 30.5 Å². The molecule has 0 bridgehead atoms. The molecule has 0 unspecified atom stereocenters. The SMILES string of the molecule is CCCc1cc(C)cc(-c2cc(C)ccn2)n1. The van der Waals surface area contributed by atoms with Gasteiger partial charge >= 0.3 is 0 Å². The van der Waals surface area contributed by atoms with Crippen molar-refractivity contribution in [2.75, 3.05) is 0 Å².